The summed E-state index contributed by atoms with van der Waals surface area (Å²) in [5.41, 5.74) is -0.0757. The highest BCUT2D eigenvalue weighted by Gasteiger charge is 2.34. The molecular weight excluding hydrogens is 166 g/mol. The summed E-state index contributed by atoms with van der Waals surface area (Å²) in [6.07, 6.45) is 3.22. The summed E-state index contributed by atoms with van der Waals surface area (Å²) in [4.78, 5) is 0. The molecule has 0 aromatic carbocycles. The van der Waals surface area contributed by atoms with Crippen LogP contribution in [0.3, 0.4) is 0 Å². The highest BCUT2D eigenvalue weighted by molar-refractivity contribution is 4.91. The third kappa shape index (κ3) is 2.93. The highest BCUT2D eigenvalue weighted by atomic mass is 16.5. The predicted octanol–water partition coefficient (Wildman–Crippen LogP) is 0.916. The van der Waals surface area contributed by atoms with E-state index in [1.54, 1.807) is 0 Å². The maximum Gasteiger partial charge on any atom is 0.0615 e. The van der Waals surface area contributed by atoms with Crippen LogP contribution in [-0.2, 0) is 4.74 Å². The molecule has 0 aromatic heterocycles. The largest absolute Gasteiger partial charge is 0.394 e. The lowest BCUT2D eigenvalue weighted by Gasteiger charge is -2.39. The van der Waals surface area contributed by atoms with Crippen molar-refractivity contribution in [2.45, 2.75) is 44.8 Å². The third-order valence-corrected chi connectivity index (χ3v) is 2.71. The minimum Gasteiger partial charge on any atom is -0.394 e. The van der Waals surface area contributed by atoms with Gasteiger partial charge in [0.15, 0.2) is 0 Å². The first kappa shape index (κ1) is 11.0. The van der Waals surface area contributed by atoms with E-state index in [0.29, 0.717) is 0 Å². The zero-order valence-electron chi connectivity index (χ0n) is 8.68. The average Bonchev–Trinajstić information content (AvgIpc) is 2.15. The van der Waals surface area contributed by atoms with Gasteiger partial charge in [-0.05, 0) is 32.7 Å². The van der Waals surface area contributed by atoms with Crippen LogP contribution in [-0.4, -0.2) is 36.5 Å². The molecule has 1 fully saturated rings. The maximum absolute atomic E-state index is 9.37. The van der Waals surface area contributed by atoms with Crippen LogP contribution in [0.25, 0.3) is 0 Å². The molecule has 1 heterocycles. The molecule has 2 N–H and O–H groups in total. The van der Waals surface area contributed by atoms with Crippen molar-refractivity contribution in [2.24, 2.45) is 0 Å². The summed E-state index contributed by atoms with van der Waals surface area (Å²) in [6.45, 7) is 6.17. The zero-order chi connectivity index (χ0) is 9.73. The molecule has 1 saturated heterocycles. The van der Waals surface area contributed by atoms with E-state index in [0.717, 1.165) is 32.4 Å². The van der Waals surface area contributed by atoms with Crippen LogP contribution in [0.15, 0.2) is 0 Å². The Bertz CT molecular complexity index is 152. The summed E-state index contributed by atoms with van der Waals surface area (Å²) >= 11 is 0. The van der Waals surface area contributed by atoms with Gasteiger partial charge in [-0.25, -0.2) is 0 Å². The smallest absolute Gasteiger partial charge is 0.0615 e. The normalized spacial score (nSPS) is 34.8. The first-order chi connectivity index (χ1) is 6.22. The summed E-state index contributed by atoms with van der Waals surface area (Å²) in [5, 5.41) is 12.8. The Hall–Kier alpha value is -0.120. The van der Waals surface area contributed by atoms with Crippen LogP contribution in [0.5, 0.6) is 0 Å². The Labute approximate surface area is 80.5 Å². The molecule has 0 aliphatic carbocycles. The molecule has 2 atom stereocenters. The fourth-order valence-electron chi connectivity index (χ4n) is 1.92. The fraction of sp³-hybridized carbons (Fsp3) is 1.00. The number of hydrogen-bond acceptors (Lipinski definition) is 3. The Morgan fingerprint density at radius 2 is 2.38 bits per heavy atom. The first-order valence-electron chi connectivity index (χ1n) is 5.20. The molecule has 3 nitrogen and oxygen atoms in total. The van der Waals surface area contributed by atoms with E-state index >= 15 is 0 Å². The monoisotopic (exact) mass is 187 g/mol. The summed E-state index contributed by atoms with van der Waals surface area (Å²) in [6, 6.07) is 0. The third-order valence-electron chi connectivity index (χ3n) is 2.71. The van der Waals surface area contributed by atoms with E-state index in [4.69, 9.17) is 4.74 Å². The van der Waals surface area contributed by atoms with Crippen molar-refractivity contribution >= 4 is 0 Å². The minimum atomic E-state index is -0.0757. The van der Waals surface area contributed by atoms with Crippen molar-refractivity contribution in [1.82, 2.24) is 5.32 Å². The van der Waals surface area contributed by atoms with Crippen LogP contribution in [0.1, 0.15) is 33.1 Å². The molecule has 0 spiro atoms. The second-order valence-electron chi connectivity index (χ2n) is 4.00. The van der Waals surface area contributed by atoms with E-state index in [1.165, 1.54) is 0 Å². The number of rotatable bonds is 4. The molecular formula is C10H21NO2. The van der Waals surface area contributed by atoms with Crippen LogP contribution < -0.4 is 5.32 Å². The zero-order valence-corrected chi connectivity index (χ0v) is 8.68. The molecule has 13 heavy (non-hydrogen) atoms. The van der Waals surface area contributed by atoms with Gasteiger partial charge < -0.3 is 15.2 Å². The van der Waals surface area contributed by atoms with Crippen molar-refractivity contribution in [1.29, 1.82) is 0 Å². The summed E-state index contributed by atoms with van der Waals surface area (Å²) in [5.74, 6) is 0. The van der Waals surface area contributed by atoms with Gasteiger partial charge in [0.1, 0.15) is 0 Å². The highest BCUT2D eigenvalue weighted by Crippen LogP contribution is 2.24. The number of aliphatic hydroxyl groups excluding tert-OH is 1. The van der Waals surface area contributed by atoms with Gasteiger partial charge >= 0.3 is 0 Å². The van der Waals surface area contributed by atoms with E-state index in [-0.39, 0.29) is 18.2 Å². The molecule has 1 aliphatic heterocycles. The number of nitrogens with one attached hydrogen (secondary N) is 1. The second-order valence-corrected chi connectivity index (χ2v) is 4.00. The lowest BCUT2D eigenvalue weighted by Crippen LogP contribution is -2.54. The minimum absolute atomic E-state index is 0.0757. The van der Waals surface area contributed by atoms with E-state index in [1.807, 2.05) is 0 Å². The van der Waals surface area contributed by atoms with Gasteiger partial charge in [-0.1, -0.05) is 6.92 Å². The van der Waals surface area contributed by atoms with Gasteiger partial charge in [0.05, 0.1) is 12.7 Å². The lowest BCUT2D eigenvalue weighted by molar-refractivity contribution is -0.0357. The van der Waals surface area contributed by atoms with Gasteiger partial charge in [0.25, 0.3) is 0 Å². The SMILES string of the molecule is CCCNC1(CO)CCOC(C)C1. The molecule has 1 rings (SSSR count). The van der Waals surface area contributed by atoms with Crippen molar-refractivity contribution in [2.75, 3.05) is 19.8 Å². The number of aliphatic hydroxyl groups is 1. The molecule has 0 radical (unpaired) electrons. The molecule has 3 heteroatoms. The molecule has 1 aliphatic rings. The van der Waals surface area contributed by atoms with Gasteiger partial charge in [0.2, 0.25) is 0 Å². The molecule has 0 saturated carbocycles. The number of hydrogen-bond donors (Lipinski definition) is 2. The average molecular weight is 187 g/mol. The van der Waals surface area contributed by atoms with Crippen LogP contribution in [0.4, 0.5) is 0 Å². The quantitative estimate of drug-likeness (QED) is 0.687. The van der Waals surface area contributed by atoms with Gasteiger partial charge in [-0.15, -0.1) is 0 Å². The first-order valence-corrected chi connectivity index (χ1v) is 5.20. The summed E-state index contributed by atoms with van der Waals surface area (Å²) in [7, 11) is 0. The van der Waals surface area contributed by atoms with Crippen molar-refractivity contribution < 1.29 is 9.84 Å². The Balaban J connectivity index is 2.46. The molecule has 78 valence electrons. The van der Waals surface area contributed by atoms with Gasteiger partial charge in [-0.2, -0.15) is 0 Å². The summed E-state index contributed by atoms with van der Waals surface area (Å²) < 4.78 is 5.46. The Morgan fingerprint density at radius 1 is 1.62 bits per heavy atom. The topological polar surface area (TPSA) is 41.5 Å². The molecule has 2 unspecified atom stereocenters. The van der Waals surface area contributed by atoms with Gasteiger partial charge in [-0.3, -0.25) is 0 Å². The Morgan fingerprint density at radius 3 is 2.92 bits per heavy atom. The number of ether oxygens (including phenoxy) is 1. The maximum atomic E-state index is 9.37. The standard InChI is InChI=1S/C10H21NO2/c1-3-5-11-10(8-12)4-6-13-9(2)7-10/h9,11-12H,3-8H2,1-2H3. The molecule has 0 aromatic rings. The Kier molecular flexibility index (Phi) is 4.16. The van der Waals surface area contributed by atoms with Crippen LogP contribution in [0, 0.1) is 0 Å². The van der Waals surface area contributed by atoms with Gasteiger partial charge in [0, 0.05) is 12.1 Å². The van der Waals surface area contributed by atoms with Crippen molar-refractivity contribution in [3.05, 3.63) is 0 Å². The van der Waals surface area contributed by atoms with E-state index in [2.05, 4.69) is 19.2 Å². The van der Waals surface area contributed by atoms with Crippen LogP contribution in [0.2, 0.25) is 0 Å². The van der Waals surface area contributed by atoms with E-state index in [9.17, 15) is 5.11 Å². The predicted molar refractivity (Wildman–Crippen MR) is 52.8 cm³/mol. The fourth-order valence-corrected chi connectivity index (χ4v) is 1.92. The second kappa shape index (κ2) is 4.94. The van der Waals surface area contributed by atoms with Crippen molar-refractivity contribution in [3.8, 4) is 0 Å². The lowest BCUT2D eigenvalue weighted by atomic mass is 9.87. The van der Waals surface area contributed by atoms with Crippen molar-refractivity contribution in [3.63, 3.8) is 0 Å². The van der Waals surface area contributed by atoms with E-state index < -0.39 is 0 Å². The molecule has 0 bridgehead atoms. The van der Waals surface area contributed by atoms with Crippen LogP contribution >= 0.6 is 0 Å². The molecule has 0 amide bonds.